The number of hydrogen-bond donors (Lipinski definition) is 3. The average Bonchev–Trinajstić information content (AvgIpc) is 3.12. The van der Waals surface area contributed by atoms with E-state index >= 15 is 0 Å². The molecule has 2 amide bonds. The number of carboxylic acid groups (broad SMARTS) is 1. The molecule has 2 heterocycles. The third kappa shape index (κ3) is 3.73. The van der Waals surface area contributed by atoms with Crippen LogP contribution in [0.15, 0.2) is 53.3 Å². The predicted molar refractivity (Wildman–Crippen MR) is 112 cm³/mol. The van der Waals surface area contributed by atoms with Crippen LogP contribution in [-0.4, -0.2) is 51.1 Å². The third-order valence-corrected chi connectivity index (χ3v) is 5.61. The molecule has 1 aromatic heterocycles. The number of carbonyl (C=O) groups excluding carboxylic acids is 1. The molecule has 2 aromatic carbocycles. The first kappa shape index (κ1) is 19.1. The minimum Gasteiger partial charge on any atom is -0.465 e. The van der Waals surface area contributed by atoms with E-state index in [1.807, 2.05) is 30.3 Å². The zero-order valence-electron chi connectivity index (χ0n) is 15.2. The standard InChI is InChI=1S/C20H18BrN5O3/c21-12-4-1-3-11(7-12)15-8-26(20(28)29)9-16(15)25-19-14-6-2-5-13(18(22)27)17(14)23-10-24-19/h1-7,10,15-16H,8-9H2,(H2,22,27)(H,28,29)(H,23,24,25)/t15-,16+/m1/s1. The molecule has 1 aliphatic heterocycles. The Kier molecular flexibility index (Phi) is 5.06. The summed E-state index contributed by atoms with van der Waals surface area (Å²) in [5.74, 6) is -0.0894. The third-order valence-electron chi connectivity index (χ3n) is 5.12. The molecule has 0 bridgehead atoms. The molecule has 0 aliphatic carbocycles. The van der Waals surface area contributed by atoms with E-state index in [0.717, 1.165) is 10.0 Å². The number of rotatable bonds is 4. The number of nitrogens with two attached hydrogens (primary N) is 1. The highest BCUT2D eigenvalue weighted by Gasteiger charge is 2.36. The molecule has 1 fully saturated rings. The number of halogens is 1. The van der Waals surface area contributed by atoms with Crippen molar-refractivity contribution in [2.45, 2.75) is 12.0 Å². The first-order valence-corrected chi connectivity index (χ1v) is 9.76. The first-order valence-electron chi connectivity index (χ1n) is 8.97. The van der Waals surface area contributed by atoms with E-state index < -0.39 is 12.0 Å². The largest absolute Gasteiger partial charge is 0.465 e. The molecule has 1 aliphatic rings. The molecule has 0 spiro atoms. The molecule has 1 saturated heterocycles. The van der Waals surface area contributed by atoms with Crippen molar-refractivity contribution in [3.8, 4) is 0 Å². The van der Waals surface area contributed by atoms with Crippen LogP contribution >= 0.6 is 15.9 Å². The normalized spacial score (nSPS) is 18.7. The molecule has 0 radical (unpaired) electrons. The van der Waals surface area contributed by atoms with E-state index in [9.17, 15) is 14.7 Å². The molecule has 148 valence electrons. The second kappa shape index (κ2) is 7.67. The summed E-state index contributed by atoms with van der Waals surface area (Å²) in [5, 5.41) is 13.5. The van der Waals surface area contributed by atoms with Crippen molar-refractivity contribution in [2.24, 2.45) is 5.73 Å². The fourth-order valence-electron chi connectivity index (χ4n) is 3.76. The zero-order chi connectivity index (χ0) is 20.5. The number of likely N-dealkylation sites (tertiary alicyclic amines) is 1. The van der Waals surface area contributed by atoms with Crippen LogP contribution in [0, 0.1) is 0 Å². The lowest BCUT2D eigenvalue weighted by atomic mass is 9.94. The van der Waals surface area contributed by atoms with E-state index in [-0.39, 0.29) is 12.0 Å². The number of amides is 2. The Morgan fingerprint density at radius 2 is 1.97 bits per heavy atom. The van der Waals surface area contributed by atoms with Gasteiger partial charge in [-0.1, -0.05) is 34.1 Å². The Balaban J connectivity index is 1.72. The van der Waals surface area contributed by atoms with Gasteiger partial charge in [0, 0.05) is 28.9 Å². The number of benzene rings is 2. The lowest BCUT2D eigenvalue weighted by Crippen LogP contribution is -2.31. The number of nitrogens with one attached hydrogen (secondary N) is 1. The molecule has 4 rings (SSSR count). The summed E-state index contributed by atoms with van der Waals surface area (Å²) in [5.41, 5.74) is 7.26. The number of anilines is 1. The smallest absolute Gasteiger partial charge is 0.407 e. The Morgan fingerprint density at radius 3 is 2.69 bits per heavy atom. The van der Waals surface area contributed by atoms with Gasteiger partial charge in [0.05, 0.1) is 17.1 Å². The molecule has 0 saturated carbocycles. The summed E-state index contributed by atoms with van der Waals surface area (Å²) in [4.78, 5) is 33.2. The van der Waals surface area contributed by atoms with Crippen LogP contribution in [0.25, 0.3) is 10.9 Å². The van der Waals surface area contributed by atoms with Gasteiger partial charge in [-0.2, -0.15) is 0 Å². The quantitative estimate of drug-likeness (QED) is 0.555. The lowest BCUT2D eigenvalue weighted by Gasteiger charge is -2.21. The number of aromatic nitrogens is 2. The fraction of sp³-hybridized carbons (Fsp3) is 0.200. The SMILES string of the molecule is NC(=O)c1cccc2c(N[C@H]3CN(C(=O)O)C[C@@H]3c3cccc(Br)c3)ncnc12. The second-order valence-corrected chi connectivity index (χ2v) is 7.80. The predicted octanol–water partition coefficient (Wildman–Crippen LogP) is 3.05. The van der Waals surface area contributed by atoms with Crippen molar-refractivity contribution in [1.29, 1.82) is 0 Å². The summed E-state index contributed by atoms with van der Waals surface area (Å²) in [6.07, 6.45) is 0.410. The molecule has 4 N–H and O–H groups in total. The van der Waals surface area contributed by atoms with E-state index in [2.05, 4.69) is 31.2 Å². The molecule has 0 unspecified atom stereocenters. The average molecular weight is 456 g/mol. The van der Waals surface area contributed by atoms with Gasteiger partial charge in [-0.25, -0.2) is 14.8 Å². The van der Waals surface area contributed by atoms with E-state index in [1.54, 1.807) is 12.1 Å². The van der Waals surface area contributed by atoms with Gasteiger partial charge in [-0.05, 0) is 29.8 Å². The minimum absolute atomic E-state index is 0.0621. The highest BCUT2D eigenvalue weighted by atomic mass is 79.9. The maximum atomic E-state index is 11.7. The Morgan fingerprint density at radius 1 is 1.17 bits per heavy atom. The molecule has 2 atom stereocenters. The highest BCUT2D eigenvalue weighted by molar-refractivity contribution is 9.10. The van der Waals surface area contributed by atoms with Crippen molar-refractivity contribution in [2.75, 3.05) is 18.4 Å². The van der Waals surface area contributed by atoms with Crippen LogP contribution in [0.1, 0.15) is 21.8 Å². The van der Waals surface area contributed by atoms with Gasteiger partial charge in [0.2, 0.25) is 0 Å². The van der Waals surface area contributed by atoms with Gasteiger partial charge in [-0.3, -0.25) is 4.79 Å². The van der Waals surface area contributed by atoms with Crippen molar-refractivity contribution in [1.82, 2.24) is 14.9 Å². The monoisotopic (exact) mass is 455 g/mol. The summed E-state index contributed by atoms with van der Waals surface area (Å²) >= 11 is 3.48. The highest BCUT2D eigenvalue weighted by Crippen LogP contribution is 2.32. The van der Waals surface area contributed by atoms with Crippen molar-refractivity contribution in [3.05, 3.63) is 64.4 Å². The van der Waals surface area contributed by atoms with E-state index in [0.29, 0.717) is 35.4 Å². The Hall–Kier alpha value is -3.20. The van der Waals surface area contributed by atoms with Crippen molar-refractivity contribution >= 4 is 44.7 Å². The zero-order valence-corrected chi connectivity index (χ0v) is 16.8. The summed E-state index contributed by atoms with van der Waals surface area (Å²) in [6, 6.07) is 12.8. The molecule has 3 aromatic rings. The van der Waals surface area contributed by atoms with Gasteiger partial charge >= 0.3 is 6.09 Å². The maximum Gasteiger partial charge on any atom is 0.407 e. The molecule has 8 nitrogen and oxygen atoms in total. The first-order chi connectivity index (χ1) is 13.9. The van der Waals surface area contributed by atoms with E-state index in [4.69, 9.17) is 5.73 Å². The summed E-state index contributed by atoms with van der Waals surface area (Å²) < 4.78 is 0.932. The number of primary amides is 1. The molecule has 9 heteroatoms. The molecular weight excluding hydrogens is 438 g/mol. The fourth-order valence-corrected chi connectivity index (χ4v) is 4.18. The minimum atomic E-state index is -0.960. The van der Waals surface area contributed by atoms with Gasteiger partial charge in [0.25, 0.3) is 5.91 Å². The van der Waals surface area contributed by atoms with E-state index in [1.165, 1.54) is 11.2 Å². The van der Waals surface area contributed by atoms with Crippen LogP contribution in [-0.2, 0) is 0 Å². The van der Waals surface area contributed by atoms with Crippen molar-refractivity contribution < 1.29 is 14.7 Å². The number of nitrogens with zero attached hydrogens (tertiary/aromatic N) is 3. The van der Waals surface area contributed by atoms with Crippen molar-refractivity contribution in [3.63, 3.8) is 0 Å². The van der Waals surface area contributed by atoms with Gasteiger partial charge < -0.3 is 21.1 Å². The Bertz CT molecular complexity index is 1110. The number of para-hydroxylation sites is 1. The van der Waals surface area contributed by atoms with Gasteiger partial charge in [-0.15, -0.1) is 0 Å². The number of fused-ring (bicyclic) bond motifs is 1. The summed E-state index contributed by atoms with van der Waals surface area (Å²) in [7, 11) is 0. The van der Waals surface area contributed by atoms with Crippen LogP contribution in [0.4, 0.5) is 10.6 Å². The van der Waals surface area contributed by atoms with Crippen LogP contribution in [0.2, 0.25) is 0 Å². The topological polar surface area (TPSA) is 121 Å². The molecular formula is C20H18BrN5O3. The molecule has 29 heavy (non-hydrogen) atoms. The van der Waals surface area contributed by atoms with Gasteiger partial charge in [0.15, 0.2) is 0 Å². The van der Waals surface area contributed by atoms with Crippen LogP contribution < -0.4 is 11.1 Å². The lowest BCUT2D eigenvalue weighted by molar-refractivity contribution is 0.100. The van der Waals surface area contributed by atoms with Crippen LogP contribution in [0.5, 0.6) is 0 Å². The Labute approximate surface area is 174 Å². The second-order valence-electron chi connectivity index (χ2n) is 6.89. The number of hydrogen-bond acceptors (Lipinski definition) is 5. The summed E-state index contributed by atoms with van der Waals surface area (Å²) in [6.45, 7) is 0.687. The van der Waals surface area contributed by atoms with Gasteiger partial charge in [0.1, 0.15) is 12.1 Å². The van der Waals surface area contributed by atoms with Crippen LogP contribution in [0.3, 0.4) is 0 Å². The number of carbonyl (C=O) groups is 2. The maximum absolute atomic E-state index is 11.7.